The van der Waals surface area contributed by atoms with Crippen LogP contribution >= 0.6 is 0 Å². The van der Waals surface area contributed by atoms with Crippen LogP contribution in [-0.4, -0.2) is 28.7 Å². The van der Waals surface area contributed by atoms with E-state index in [0.29, 0.717) is 18.1 Å². The summed E-state index contributed by atoms with van der Waals surface area (Å²) >= 11 is 0. The number of alkyl halides is 3. The Bertz CT molecular complexity index is 723. The number of halogens is 3. The first-order valence-corrected chi connectivity index (χ1v) is 7.18. The number of sulfone groups is 1. The fraction of sp³-hybridized carbons (Fsp3) is 0.273. The Morgan fingerprint density at radius 2 is 1.86 bits per heavy atom. The predicted molar refractivity (Wildman–Crippen MR) is 68.0 cm³/mol. The molecule has 0 saturated heterocycles. The van der Waals surface area contributed by atoms with Crippen molar-refractivity contribution in [3.05, 3.63) is 36.4 Å². The van der Waals surface area contributed by atoms with Gasteiger partial charge in [-0.2, -0.15) is 18.3 Å². The molecule has 0 unspecified atom stereocenters. The lowest BCUT2D eigenvalue weighted by Gasteiger charge is -2.09. The lowest BCUT2D eigenvalue weighted by atomic mass is 10.3. The Morgan fingerprint density at radius 3 is 2.33 bits per heavy atom. The number of nitrogens with zero attached hydrogens (tertiary/aromatic N) is 3. The molecule has 0 aliphatic rings. The molecular weight excluding hydrogens is 309 g/mol. The third kappa shape index (κ3) is 3.15. The van der Waals surface area contributed by atoms with Crippen LogP contribution in [0.1, 0.15) is 5.82 Å². The van der Waals surface area contributed by atoms with Gasteiger partial charge in [0.25, 0.3) is 9.84 Å². The van der Waals surface area contributed by atoms with Crippen molar-refractivity contribution in [1.29, 1.82) is 0 Å². The van der Waals surface area contributed by atoms with Gasteiger partial charge in [0.1, 0.15) is 12.2 Å². The highest BCUT2D eigenvalue weighted by molar-refractivity contribution is 7.92. The summed E-state index contributed by atoms with van der Waals surface area (Å²) in [4.78, 5) is 3.17. The first kappa shape index (κ1) is 15.3. The summed E-state index contributed by atoms with van der Waals surface area (Å²) in [6, 6.07) is 4.33. The molecule has 1 heterocycles. The Balaban J connectivity index is 2.11. The van der Waals surface area contributed by atoms with Gasteiger partial charge in [-0.25, -0.2) is 13.4 Å². The fourth-order valence-electron chi connectivity index (χ4n) is 1.55. The topological polar surface area (TPSA) is 76.9 Å². The molecule has 0 radical (unpaired) electrons. The van der Waals surface area contributed by atoms with E-state index in [0.717, 1.165) is 12.1 Å². The number of nitrogens with one attached hydrogen (secondary N) is 1. The molecule has 0 amide bonds. The third-order valence-electron chi connectivity index (χ3n) is 2.73. The molecule has 0 atom stereocenters. The molecule has 0 fully saturated rings. The van der Waals surface area contributed by atoms with Crippen LogP contribution in [0.25, 0.3) is 0 Å². The SMILES string of the molecule is Cn1ncnc1CNc1ccc(S(=O)(=O)C(F)(F)F)cc1. The molecule has 21 heavy (non-hydrogen) atoms. The Hall–Kier alpha value is -2.10. The van der Waals surface area contributed by atoms with E-state index in [1.54, 1.807) is 7.05 Å². The quantitative estimate of drug-likeness (QED) is 0.928. The van der Waals surface area contributed by atoms with Gasteiger partial charge in [-0.05, 0) is 24.3 Å². The smallest absolute Gasteiger partial charge is 0.378 e. The van der Waals surface area contributed by atoms with Crippen molar-refractivity contribution in [2.75, 3.05) is 5.32 Å². The summed E-state index contributed by atoms with van der Waals surface area (Å²) in [5.74, 6) is 0.627. The number of aryl methyl sites for hydroxylation is 1. The highest BCUT2D eigenvalue weighted by atomic mass is 32.2. The summed E-state index contributed by atoms with van der Waals surface area (Å²) in [7, 11) is -3.61. The molecule has 0 bridgehead atoms. The maximum absolute atomic E-state index is 12.4. The van der Waals surface area contributed by atoms with Crippen LogP contribution < -0.4 is 5.32 Å². The zero-order valence-corrected chi connectivity index (χ0v) is 11.6. The Morgan fingerprint density at radius 1 is 1.24 bits per heavy atom. The fourth-order valence-corrected chi connectivity index (χ4v) is 2.31. The van der Waals surface area contributed by atoms with Gasteiger partial charge >= 0.3 is 5.51 Å². The largest absolute Gasteiger partial charge is 0.501 e. The summed E-state index contributed by atoms with van der Waals surface area (Å²) in [6.45, 7) is 0.307. The molecule has 0 spiro atoms. The van der Waals surface area contributed by atoms with Crippen molar-refractivity contribution in [3.63, 3.8) is 0 Å². The molecule has 1 aromatic heterocycles. The molecule has 0 aliphatic heterocycles. The number of rotatable bonds is 4. The van der Waals surface area contributed by atoms with Gasteiger partial charge in [0.05, 0.1) is 11.4 Å². The number of anilines is 1. The molecule has 6 nitrogen and oxygen atoms in total. The maximum atomic E-state index is 12.4. The van der Waals surface area contributed by atoms with E-state index >= 15 is 0 Å². The second kappa shape index (κ2) is 5.35. The van der Waals surface area contributed by atoms with E-state index in [1.165, 1.54) is 23.1 Å². The standard InChI is InChI=1S/C11H11F3N4O2S/c1-18-10(16-7-17-18)6-15-8-2-4-9(5-3-8)21(19,20)11(12,13)14/h2-5,7,15H,6H2,1H3. The molecule has 0 aliphatic carbocycles. The molecule has 114 valence electrons. The highest BCUT2D eigenvalue weighted by Crippen LogP contribution is 2.30. The van der Waals surface area contributed by atoms with Crippen molar-refractivity contribution < 1.29 is 21.6 Å². The zero-order valence-electron chi connectivity index (χ0n) is 10.8. The van der Waals surface area contributed by atoms with Crippen LogP contribution in [0.3, 0.4) is 0 Å². The molecular formula is C11H11F3N4O2S. The normalized spacial score (nSPS) is 12.4. The van der Waals surface area contributed by atoms with E-state index in [4.69, 9.17) is 0 Å². The number of aromatic nitrogens is 3. The number of hydrogen-bond donors (Lipinski definition) is 1. The first-order valence-electron chi connectivity index (χ1n) is 5.70. The maximum Gasteiger partial charge on any atom is 0.501 e. The summed E-state index contributed by atoms with van der Waals surface area (Å²) in [5, 5.41) is 6.77. The van der Waals surface area contributed by atoms with Gasteiger partial charge in [0, 0.05) is 12.7 Å². The van der Waals surface area contributed by atoms with E-state index in [9.17, 15) is 21.6 Å². The molecule has 2 rings (SSSR count). The molecule has 0 saturated carbocycles. The van der Waals surface area contributed by atoms with Gasteiger partial charge in [0.2, 0.25) is 0 Å². The molecule has 1 aromatic carbocycles. The Labute approximate surface area is 118 Å². The summed E-state index contributed by atoms with van der Waals surface area (Å²) in [6.07, 6.45) is 1.37. The van der Waals surface area contributed by atoms with E-state index in [2.05, 4.69) is 15.4 Å². The van der Waals surface area contributed by atoms with Gasteiger partial charge in [0.15, 0.2) is 0 Å². The number of benzene rings is 1. The third-order valence-corrected chi connectivity index (χ3v) is 4.23. The highest BCUT2D eigenvalue weighted by Gasteiger charge is 2.46. The van der Waals surface area contributed by atoms with Gasteiger partial charge in [-0.3, -0.25) is 4.68 Å². The van der Waals surface area contributed by atoms with Crippen LogP contribution in [0, 0.1) is 0 Å². The van der Waals surface area contributed by atoms with Gasteiger partial charge in [-0.15, -0.1) is 0 Å². The van der Waals surface area contributed by atoms with Crippen LogP contribution in [0.4, 0.5) is 18.9 Å². The molecule has 2 aromatic rings. The van der Waals surface area contributed by atoms with Crippen LogP contribution in [0.15, 0.2) is 35.5 Å². The van der Waals surface area contributed by atoms with Crippen LogP contribution in [0.5, 0.6) is 0 Å². The lowest BCUT2D eigenvalue weighted by Crippen LogP contribution is -2.23. The lowest BCUT2D eigenvalue weighted by molar-refractivity contribution is -0.0436. The average molecular weight is 320 g/mol. The predicted octanol–water partition coefficient (Wildman–Crippen LogP) is 1.72. The second-order valence-corrected chi connectivity index (χ2v) is 6.07. The first-order chi connectivity index (χ1) is 9.72. The Kier molecular flexibility index (Phi) is 3.90. The molecule has 1 N–H and O–H groups in total. The van der Waals surface area contributed by atoms with Crippen molar-refractivity contribution in [2.24, 2.45) is 7.05 Å². The van der Waals surface area contributed by atoms with Crippen LogP contribution in [-0.2, 0) is 23.4 Å². The van der Waals surface area contributed by atoms with E-state index in [-0.39, 0.29) is 0 Å². The summed E-state index contributed by atoms with van der Waals surface area (Å²) < 4.78 is 61.0. The molecule has 10 heteroatoms. The van der Waals surface area contributed by atoms with Crippen molar-refractivity contribution in [3.8, 4) is 0 Å². The zero-order chi connectivity index (χ0) is 15.7. The summed E-state index contributed by atoms with van der Waals surface area (Å²) in [5.41, 5.74) is -4.83. The van der Waals surface area contributed by atoms with Crippen molar-refractivity contribution >= 4 is 15.5 Å². The van der Waals surface area contributed by atoms with Crippen LogP contribution in [0.2, 0.25) is 0 Å². The van der Waals surface area contributed by atoms with E-state index < -0.39 is 20.2 Å². The minimum absolute atomic E-state index is 0.307. The second-order valence-electron chi connectivity index (χ2n) is 4.13. The van der Waals surface area contributed by atoms with Gasteiger partial charge in [-0.1, -0.05) is 0 Å². The average Bonchev–Trinajstić information content (AvgIpc) is 2.81. The van der Waals surface area contributed by atoms with Crippen molar-refractivity contribution in [1.82, 2.24) is 14.8 Å². The van der Waals surface area contributed by atoms with E-state index in [1.807, 2.05) is 0 Å². The number of hydrogen-bond acceptors (Lipinski definition) is 5. The van der Waals surface area contributed by atoms with Crippen molar-refractivity contribution in [2.45, 2.75) is 16.9 Å². The monoisotopic (exact) mass is 320 g/mol. The minimum atomic E-state index is -5.31. The minimum Gasteiger partial charge on any atom is -0.378 e. The van der Waals surface area contributed by atoms with Gasteiger partial charge < -0.3 is 5.32 Å².